The Kier molecular flexibility index (Phi) is 1.69. The van der Waals surface area contributed by atoms with E-state index in [2.05, 4.69) is 10.4 Å². The number of thiazole rings is 1. The van der Waals surface area contributed by atoms with Crippen molar-refractivity contribution in [2.24, 2.45) is 0 Å². The second-order valence-electron chi connectivity index (χ2n) is 2.41. The lowest BCUT2D eigenvalue weighted by Gasteiger charge is -2.03. The minimum absolute atomic E-state index is 0.297. The van der Waals surface area contributed by atoms with Crippen molar-refractivity contribution < 1.29 is 4.74 Å². The normalized spacial score (nSPS) is 25.4. The van der Waals surface area contributed by atoms with Gasteiger partial charge in [-0.3, -0.25) is 0 Å². The molecule has 0 aromatic carbocycles. The summed E-state index contributed by atoms with van der Waals surface area (Å²) in [4.78, 5) is 4.19. The van der Waals surface area contributed by atoms with Crippen molar-refractivity contribution in [3.05, 3.63) is 16.6 Å². The van der Waals surface area contributed by atoms with Crippen LogP contribution in [-0.2, 0) is 4.74 Å². The molecule has 0 saturated carbocycles. The van der Waals surface area contributed by atoms with E-state index in [4.69, 9.17) is 4.74 Å². The van der Waals surface area contributed by atoms with Crippen LogP contribution < -0.4 is 0 Å². The van der Waals surface area contributed by atoms with E-state index in [1.165, 1.54) is 6.42 Å². The highest BCUT2D eigenvalue weighted by Gasteiger charge is 2.18. The maximum absolute atomic E-state index is 5.44. The second-order valence-corrected chi connectivity index (χ2v) is 3.13. The van der Waals surface area contributed by atoms with Gasteiger partial charge in [-0.15, -0.1) is 11.3 Å². The van der Waals surface area contributed by atoms with Gasteiger partial charge in [-0.05, 0) is 12.8 Å². The minimum atomic E-state index is 0.297. The standard InChI is InChI=1S/C7H9NOS/c1-2-7(9-3-1)6-4-10-5-8-6/h4-5,7H,1-3H2/t7-/m1/s1. The molecule has 0 amide bonds. The summed E-state index contributed by atoms with van der Waals surface area (Å²) in [5.74, 6) is 0. The Morgan fingerprint density at radius 1 is 1.70 bits per heavy atom. The van der Waals surface area contributed by atoms with Crippen LogP contribution in [0, 0.1) is 0 Å². The van der Waals surface area contributed by atoms with Crippen LogP contribution in [0.5, 0.6) is 0 Å². The molecule has 0 N–H and O–H groups in total. The van der Waals surface area contributed by atoms with Crippen LogP contribution in [0.15, 0.2) is 10.9 Å². The molecule has 1 aromatic rings. The first-order chi connectivity index (χ1) is 4.97. The summed E-state index contributed by atoms with van der Waals surface area (Å²) in [6.45, 7) is 0.905. The first kappa shape index (κ1) is 6.31. The lowest BCUT2D eigenvalue weighted by atomic mass is 10.2. The van der Waals surface area contributed by atoms with Crippen LogP contribution in [0.2, 0.25) is 0 Å². The van der Waals surface area contributed by atoms with Crippen molar-refractivity contribution in [2.75, 3.05) is 6.61 Å². The van der Waals surface area contributed by atoms with Gasteiger partial charge in [0.05, 0.1) is 11.2 Å². The Labute approximate surface area is 63.9 Å². The highest BCUT2D eigenvalue weighted by Crippen LogP contribution is 2.27. The molecule has 2 nitrogen and oxygen atoms in total. The molecule has 1 aliphatic heterocycles. The Hall–Kier alpha value is -0.410. The van der Waals surface area contributed by atoms with Crippen molar-refractivity contribution in [3.8, 4) is 0 Å². The van der Waals surface area contributed by atoms with Gasteiger partial charge in [0.1, 0.15) is 6.10 Å². The highest BCUT2D eigenvalue weighted by molar-refractivity contribution is 7.07. The van der Waals surface area contributed by atoms with Gasteiger partial charge in [-0.25, -0.2) is 4.98 Å². The SMILES string of the molecule is c1nc([C@H]2CCCO2)cs1. The van der Waals surface area contributed by atoms with Crippen molar-refractivity contribution in [3.63, 3.8) is 0 Å². The fraction of sp³-hybridized carbons (Fsp3) is 0.571. The monoisotopic (exact) mass is 155 g/mol. The third kappa shape index (κ3) is 1.07. The molecular weight excluding hydrogens is 146 g/mol. The Bertz CT molecular complexity index is 191. The van der Waals surface area contributed by atoms with Crippen molar-refractivity contribution in [1.82, 2.24) is 4.98 Å². The zero-order valence-corrected chi connectivity index (χ0v) is 6.43. The molecule has 0 spiro atoms. The zero-order chi connectivity index (χ0) is 6.81. The van der Waals surface area contributed by atoms with Gasteiger partial charge in [0, 0.05) is 12.0 Å². The summed E-state index contributed by atoms with van der Waals surface area (Å²) in [5.41, 5.74) is 2.97. The minimum Gasteiger partial charge on any atom is -0.372 e. The van der Waals surface area contributed by atoms with Gasteiger partial charge in [-0.2, -0.15) is 0 Å². The molecule has 0 radical (unpaired) electrons. The number of nitrogens with zero attached hydrogens (tertiary/aromatic N) is 1. The largest absolute Gasteiger partial charge is 0.372 e. The predicted molar refractivity (Wildman–Crippen MR) is 40.0 cm³/mol. The molecule has 1 atom stereocenters. The van der Waals surface area contributed by atoms with Crippen LogP contribution in [0.25, 0.3) is 0 Å². The number of aromatic nitrogens is 1. The molecule has 3 heteroatoms. The van der Waals surface area contributed by atoms with E-state index in [1.54, 1.807) is 11.3 Å². The number of rotatable bonds is 1. The summed E-state index contributed by atoms with van der Waals surface area (Å²) in [5, 5.41) is 2.07. The van der Waals surface area contributed by atoms with E-state index < -0.39 is 0 Å². The average molecular weight is 155 g/mol. The van der Waals surface area contributed by atoms with Gasteiger partial charge >= 0.3 is 0 Å². The van der Waals surface area contributed by atoms with E-state index in [1.807, 2.05) is 5.51 Å². The lowest BCUT2D eigenvalue weighted by molar-refractivity contribution is 0.109. The molecule has 10 heavy (non-hydrogen) atoms. The van der Waals surface area contributed by atoms with E-state index in [-0.39, 0.29) is 0 Å². The average Bonchev–Trinajstić information content (AvgIpc) is 2.59. The summed E-state index contributed by atoms with van der Waals surface area (Å²) < 4.78 is 5.44. The van der Waals surface area contributed by atoms with E-state index in [9.17, 15) is 0 Å². The molecule has 1 saturated heterocycles. The van der Waals surface area contributed by atoms with Crippen LogP contribution in [-0.4, -0.2) is 11.6 Å². The van der Waals surface area contributed by atoms with Crippen LogP contribution in [0.3, 0.4) is 0 Å². The molecule has 2 heterocycles. The molecule has 0 bridgehead atoms. The summed E-state index contributed by atoms with van der Waals surface area (Å²) in [6, 6.07) is 0. The Morgan fingerprint density at radius 2 is 2.70 bits per heavy atom. The number of hydrogen-bond donors (Lipinski definition) is 0. The van der Waals surface area contributed by atoms with Gasteiger partial charge in [0.25, 0.3) is 0 Å². The fourth-order valence-electron chi connectivity index (χ4n) is 1.19. The molecular formula is C7H9NOS. The first-order valence-electron chi connectivity index (χ1n) is 3.46. The van der Waals surface area contributed by atoms with Gasteiger partial charge in [-0.1, -0.05) is 0 Å². The topological polar surface area (TPSA) is 22.1 Å². The summed E-state index contributed by atoms with van der Waals surface area (Å²) in [7, 11) is 0. The third-order valence-electron chi connectivity index (χ3n) is 1.71. The summed E-state index contributed by atoms with van der Waals surface area (Å²) >= 11 is 1.64. The highest BCUT2D eigenvalue weighted by atomic mass is 32.1. The van der Waals surface area contributed by atoms with E-state index in [0.29, 0.717) is 6.10 Å². The molecule has 0 unspecified atom stereocenters. The van der Waals surface area contributed by atoms with E-state index in [0.717, 1.165) is 18.7 Å². The molecule has 1 aliphatic rings. The maximum atomic E-state index is 5.44. The van der Waals surface area contributed by atoms with Crippen molar-refractivity contribution >= 4 is 11.3 Å². The van der Waals surface area contributed by atoms with Gasteiger partial charge in [0.15, 0.2) is 0 Å². The summed E-state index contributed by atoms with van der Waals surface area (Å²) in [6.07, 6.45) is 2.62. The Balaban J connectivity index is 2.12. The molecule has 1 fully saturated rings. The van der Waals surface area contributed by atoms with Crippen molar-refractivity contribution in [2.45, 2.75) is 18.9 Å². The number of ether oxygens (including phenoxy) is 1. The lowest BCUT2D eigenvalue weighted by Crippen LogP contribution is -1.94. The van der Waals surface area contributed by atoms with Crippen LogP contribution >= 0.6 is 11.3 Å². The van der Waals surface area contributed by atoms with Crippen LogP contribution in [0.4, 0.5) is 0 Å². The Morgan fingerprint density at radius 3 is 3.30 bits per heavy atom. The molecule has 54 valence electrons. The smallest absolute Gasteiger partial charge is 0.100 e. The maximum Gasteiger partial charge on any atom is 0.100 e. The van der Waals surface area contributed by atoms with E-state index >= 15 is 0 Å². The van der Waals surface area contributed by atoms with Crippen molar-refractivity contribution in [1.29, 1.82) is 0 Å². The number of hydrogen-bond acceptors (Lipinski definition) is 3. The molecule has 2 rings (SSSR count). The molecule has 0 aliphatic carbocycles. The fourth-order valence-corrected chi connectivity index (χ4v) is 1.79. The van der Waals surface area contributed by atoms with Crippen LogP contribution in [0.1, 0.15) is 24.6 Å². The first-order valence-corrected chi connectivity index (χ1v) is 4.41. The van der Waals surface area contributed by atoms with Gasteiger partial charge in [0.2, 0.25) is 0 Å². The molecule has 1 aromatic heterocycles. The van der Waals surface area contributed by atoms with Gasteiger partial charge < -0.3 is 4.74 Å². The zero-order valence-electron chi connectivity index (χ0n) is 5.62. The third-order valence-corrected chi connectivity index (χ3v) is 2.32. The predicted octanol–water partition coefficient (Wildman–Crippen LogP) is 1.99. The quantitative estimate of drug-likeness (QED) is 0.618. The second kappa shape index (κ2) is 2.68.